The number of fused-ring (bicyclic) bond motifs is 1. The van der Waals surface area contributed by atoms with Crippen molar-refractivity contribution < 1.29 is 9.13 Å². The lowest BCUT2D eigenvalue weighted by molar-refractivity contribution is 0.259. The summed E-state index contributed by atoms with van der Waals surface area (Å²) in [4.78, 5) is 2.60. The molecule has 2 aromatic rings. The van der Waals surface area contributed by atoms with Gasteiger partial charge in [-0.25, -0.2) is 4.39 Å². The van der Waals surface area contributed by atoms with Gasteiger partial charge in [-0.15, -0.1) is 0 Å². The molecule has 2 aromatic carbocycles. The maximum atomic E-state index is 13.1. The molecule has 1 aliphatic carbocycles. The SMILES string of the molecule is CC1=C(CN2CCCC2)CCc2cc(OC[C@@H](C)Cc3ccc(F)cc3)ccc21. The molecule has 154 valence electrons. The van der Waals surface area contributed by atoms with Crippen LogP contribution in [0, 0.1) is 11.7 Å². The molecule has 2 nitrogen and oxygen atoms in total. The zero-order chi connectivity index (χ0) is 20.2. The first-order valence-electron chi connectivity index (χ1n) is 11.0. The van der Waals surface area contributed by atoms with Crippen molar-refractivity contribution in [1.82, 2.24) is 4.90 Å². The fourth-order valence-corrected chi connectivity index (χ4v) is 4.62. The lowest BCUT2D eigenvalue weighted by Crippen LogP contribution is -2.23. The topological polar surface area (TPSA) is 12.5 Å². The Labute approximate surface area is 174 Å². The lowest BCUT2D eigenvalue weighted by atomic mass is 9.86. The highest BCUT2D eigenvalue weighted by molar-refractivity contribution is 5.72. The number of aryl methyl sites for hydroxylation is 1. The van der Waals surface area contributed by atoms with Gasteiger partial charge in [0.05, 0.1) is 6.61 Å². The highest BCUT2D eigenvalue weighted by Crippen LogP contribution is 2.34. The van der Waals surface area contributed by atoms with Crippen LogP contribution in [0.3, 0.4) is 0 Å². The van der Waals surface area contributed by atoms with E-state index in [1.165, 1.54) is 61.2 Å². The molecule has 0 N–H and O–H groups in total. The van der Waals surface area contributed by atoms with Crippen molar-refractivity contribution in [3.8, 4) is 5.75 Å². The molecule has 0 spiro atoms. The largest absolute Gasteiger partial charge is 0.493 e. The molecule has 4 rings (SSSR count). The minimum atomic E-state index is -0.181. The van der Waals surface area contributed by atoms with Gasteiger partial charge in [0, 0.05) is 6.54 Å². The highest BCUT2D eigenvalue weighted by atomic mass is 19.1. The standard InChI is InChI=1S/C26H32FNO/c1-19(15-21-5-9-24(27)10-6-21)18-29-25-11-12-26-20(2)23(8-7-22(26)16-25)17-28-13-3-4-14-28/h5-6,9-12,16,19H,3-4,7-8,13-15,17-18H2,1-2H3/t19-/m0/s1. The third-order valence-electron chi connectivity index (χ3n) is 6.35. The van der Waals surface area contributed by atoms with E-state index < -0.39 is 0 Å². The van der Waals surface area contributed by atoms with Gasteiger partial charge < -0.3 is 4.74 Å². The number of rotatable bonds is 7. The minimum absolute atomic E-state index is 0.181. The van der Waals surface area contributed by atoms with Crippen LogP contribution in [0.4, 0.5) is 4.39 Å². The number of hydrogen-bond donors (Lipinski definition) is 0. The fourth-order valence-electron chi connectivity index (χ4n) is 4.62. The van der Waals surface area contributed by atoms with Gasteiger partial charge in [0.15, 0.2) is 0 Å². The third kappa shape index (κ3) is 5.08. The first kappa shape index (κ1) is 20.2. The maximum absolute atomic E-state index is 13.1. The number of nitrogens with zero attached hydrogens (tertiary/aromatic N) is 1. The zero-order valence-electron chi connectivity index (χ0n) is 17.7. The quantitative estimate of drug-likeness (QED) is 0.581. The van der Waals surface area contributed by atoms with Gasteiger partial charge in [0.2, 0.25) is 0 Å². The smallest absolute Gasteiger partial charge is 0.123 e. The molecule has 1 aliphatic heterocycles. The molecule has 1 fully saturated rings. The summed E-state index contributed by atoms with van der Waals surface area (Å²) < 4.78 is 19.2. The van der Waals surface area contributed by atoms with Crippen LogP contribution in [0.2, 0.25) is 0 Å². The number of hydrogen-bond acceptors (Lipinski definition) is 2. The average molecular weight is 394 g/mol. The molecule has 3 heteroatoms. The second-order valence-corrected chi connectivity index (χ2v) is 8.78. The Bertz CT molecular complexity index is 865. The summed E-state index contributed by atoms with van der Waals surface area (Å²) in [5.41, 5.74) is 7.04. The van der Waals surface area contributed by atoms with Gasteiger partial charge in [0.1, 0.15) is 11.6 Å². The summed E-state index contributed by atoms with van der Waals surface area (Å²) in [7, 11) is 0. The van der Waals surface area contributed by atoms with Crippen LogP contribution in [-0.4, -0.2) is 31.1 Å². The predicted octanol–water partition coefficient (Wildman–Crippen LogP) is 5.90. The van der Waals surface area contributed by atoms with Crippen molar-refractivity contribution in [3.63, 3.8) is 0 Å². The molecule has 1 atom stereocenters. The van der Waals surface area contributed by atoms with Gasteiger partial charge in [-0.3, -0.25) is 4.90 Å². The van der Waals surface area contributed by atoms with Crippen molar-refractivity contribution in [3.05, 3.63) is 70.5 Å². The van der Waals surface area contributed by atoms with E-state index >= 15 is 0 Å². The Kier molecular flexibility index (Phi) is 6.34. The number of benzene rings is 2. The van der Waals surface area contributed by atoms with Gasteiger partial charge in [-0.1, -0.05) is 30.7 Å². The van der Waals surface area contributed by atoms with E-state index in [0.717, 1.165) is 30.7 Å². The highest BCUT2D eigenvalue weighted by Gasteiger charge is 2.20. The van der Waals surface area contributed by atoms with Crippen LogP contribution < -0.4 is 4.74 Å². The van der Waals surface area contributed by atoms with Gasteiger partial charge in [-0.2, -0.15) is 0 Å². The number of halogens is 1. The molecule has 0 aromatic heterocycles. The van der Waals surface area contributed by atoms with Crippen LogP contribution in [0.1, 0.15) is 49.8 Å². The Morgan fingerprint density at radius 1 is 1.03 bits per heavy atom. The maximum Gasteiger partial charge on any atom is 0.123 e. The fraction of sp³-hybridized carbons (Fsp3) is 0.462. The minimum Gasteiger partial charge on any atom is -0.493 e. The molecule has 0 radical (unpaired) electrons. The van der Waals surface area contributed by atoms with Crippen molar-refractivity contribution >= 4 is 5.57 Å². The van der Waals surface area contributed by atoms with E-state index in [4.69, 9.17) is 4.74 Å². The second kappa shape index (κ2) is 9.13. The summed E-state index contributed by atoms with van der Waals surface area (Å²) >= 11 is 0. The molecular weight excluding hydrogens is 361 g/mol. The molecule has 0 unspecified atom stereocenters. The van der Waals surface area contributed by atoms with E-state index in [1.807, 2.05) is 12.1 Å². The third-order valence-corrected chi connectivity index (χ3v) is 6.35. The van der Waals surface area contributed by atoms with E-state index in [0.29, 0.717) is 12.5 Å². The summed E-state index contributed by atoms with van der Waals surface area (Å²) in [5, 5.41) is 0. The van der Waals surface area contributed by atoms with E-state index in [2.05, 4.69) is 36.9 Å². The van der Waals surface area contributed by atoms with Gasteiger partial charge in [-0.05, 0) is 105 Å². The Balaban J connectivity index is 1.36. The molecule has 29 heavy (non-hydrogen) atoms. The second-order valence-electron chi connectivity index (χ2n) is 8.78. The zero-order valence-corrected chi connectivity index (χ0v) is 17.7. The van der Waals surface area contributed by atoms with Crippen LogP contribution in [0.15, 0.2) is 48.0 Å². The van der Waals surface area contributed by atoms with Crippen LogP contribution in [-0.2, 0) is 12.8 Å². The van der Waals surface area contributed by atoms with Crippen LogP contribution >= 0.6 is 0 Å². The number of ether oxygens (including phenoxy) is 1. The number of likely N-dealkylation sites (tertiary alicyclic amines) is 1. The van der Waals surface area contributed by atoms with Gasteiger partial charge >= 0.3 is 0 Å². The van der Waals surface area contributed by atoms with Crippen molar-refractivity contribution in [2.45, 2.75) is 46.0 Å². The van der Waals surface area contributed by atoms with Crippen LogP contribution in [0.5, 0.6) is 5.75 Å². The first-order valence-corrected chi connectivity index (χ1v) is 11.0. The lowest BCUT2D eigenvalue weighted by Gasteiger charge is -2.25. The van der Waals surface area contributed by atoms with Crippen LogP contribution in [0.25, 0.3) is 5.57 Å². The molecular formula is C26H32FNO. The number of allylic oxidation sites excluding steroid dienone is 1. The Morgan fingerprint density at radius 2 is 1.79 bits per heavy atom. The summed E-state index contributed by atoms with van der Waals surface area (Å²) in [6, 6.07) is 13.4. The normalized spacial score (nSPS) is 18.0. The van der Waals surface area contributed by atoms with E-state index in [9.17, 15) is 4.39 Å². The Morgan fingerprint density at radius 3 is 2.55 bits per heavy atom. The summed E-state index contributed by atoms with van der Waals surface area (Å²) in [6.07, 6.45) is 5.87. The van der Waals surface area contributed by atoms with Gasteiger partial charge in [0.25, 0.3) is 0 Å². The molecule has 1 heterocycles. The van der Waals surface area contributed by atoms with Crippen molar-refractivity contribution in [2.24, 2.45) is 5.92 Å². The molecule has 2 aliphatic rings. The Hall–Kier alpha value is -2.13. The summed E-state index contributed by atoms with van der Waals surface area (Å²) in [5.74, 6) is 1.16. The summed E-state index contributed by atoms with van der Waals surface area (Å²) in [6.45, 7) is 8.79. The van der Waals surface area contributed by atoms with Crippen molar-refractivity contribution in [2.75, 3.05) is 26.2 Å². The monoisotopic (exact) mass is 393 g/mol. The first-order chi connectivity index (χ1) is 14.1. The average Bonchev–Trinajstić information content (AvgIpc) is 3.23. The van der Waals surface area contributed by atoms with Crippen molar-refractivity contribution in [1.29, 1.82) is 0 Å². The van der Waals surface area contributed by atoms with E-state index in [-0.39, 0.29) is 5.82 Å². The molecule has 0 bridgehead atoms. The molecule has 1 saturated heterocycles. The molecule has 0 amide bonds. The van der Waals surface area contributed by atoms with E-state index in [1.54, 1.807) is 5.57 Å². The predicted molar refractivity (Wildman–Crippen MR) is 118 cm³/mol. The molecule has 0 saturated carbocycles.